The van der Waals surface area contributed by atoms with Crippen LogP contribution in [0.5, 0.6) is 0 Å². The zero-order valence-electron chi connectivity index (χ0n) is 17.0. The van der Waals surface area contributed by atoms with Crippen LogP contribution in [0.2, 0.25) is 0 Å². The van der Waals surface area contributed by atoms with Crippen molar-refractivity contribution in [2.45, 2.75) is 19.8 Å². The molecule has 0 bridgehead atoms. The van der Waals surface area contributed by atoms with E-state index in [9.17, 15) is 19.2 Å². The lowest BCUT2D eigenvalue weighted by molar-refractivity contribution is -0.122. The van der Waals surface area contributed by atoms with Crippen molar-refractivity contribution in [3.8, 4) is 0 Å². The summed E-state index contributed by atoms with van der Waals surface area (Å²) in [7, 11) is 0. The van der Waals surface area contributed by atoms with Gasteiger partial charge >= 0.3 is 5.97 Å². The summed E-state index contributed by atoms with van der Waals surface area (Å²) in [4.78, 5) is 50.8. The molecule has 1 N–H and O–H groups in total. The lowest BCUT2D eigenvalue weighted by Crippen LogP contribution is -2.30. The average molecular weight is 418 g/mol. The number of allylic oxidation sites excluding steroid dienone is 2. The third-order valence-electron chi connectivity index (χ3n) is 5.62. The van der Waals surface area contributed by atoms with Crippen molar-refractivity contribution in [3.05, 3.63) is 71.8 Å². The Morgan fingerprint density at radius 2 is 1.58 bits per heavy atom. The number of hydrogen-bond donors (Lipinski definition) is 1. The predicted molar refractivity (Wildman–Crippen MR) is 114 cm³/mol. The minimum Gasteiger partial charge on any atom is -0.452 e. The number of ether oxygens (including phenoxy) is 1. The summed E-state index contributed by atoms with van der Waals surface area (Å²) in [6.45, 7) is 1.44. The van der Waals surface area contributed by atoms with E-state index < -0.39 is 18.5 Å². The Kier molecular flexibility index (Phi) is 5.66. The fraction of sp³-hybridized carbons (Fsp3) is 0.250. The number of aryl methyl sites for hydroxylation is 1. The molecule has 2 aromatic rings. The van der Waals surface area contributed by atoms with Crippen LogP contribution in [0.1, 0.15) is 28.8 Å². The van der Waals surface area contributed by atoms with Gasteiger partial charge in [0.25, 0.3) is 5.91 Å². The maximum atomic E-state index is 12.7. The third kappa shape index (κ3) is 4.12. The Morgan fingerprint density at radius 1 is 0.968 bits per heavy atom. The minimum absolute atomic E-state index is 0.206. The van der Waals surface area contributed by atoms with E-state index in [2.05, 4.69) is 5.32 Å². The van der Waals surface area contributed by atoms with Gasteiger partial charge in [0.2, 0.25) is 11.8 Å². The Hall–Kier alpha value is -3.74. The highest BCUT2D eigenvalue weighted by Gasteiger charge is 2.47. The van der Waals surface area contributed by atoms with Gasteiger partial charge < -0.3 is 10.1 Å². The molecule has 1 heterocycles. The predicted octanol–water partition coefficient (Wildman–Crippen LogP) is 3.25. The molecule has 1 fully saturated rings. The molecule has 0 saturated carbocycles. The van der Waals surface area contributed by atoms with Gasteiger partial charge in [-0.1, -0.05) is 30.4 Å². The van der Waals surface area contributed by atoms with Crippen molar-refractivity contribution >= 4 is 35.1 Å². The zero-order valence-corrected chi connectivity index (χ0v) is 17.0. The first-order valence-corrected chi connectivity index (χ1v) is 10.1. The summed E-state index contributed by atoms with van der Waals surface area (Å²) in [5, 5.41) is 2.69. The van der Waals surface area contributed by atoms with E-state index in [1.54, 1.807) is 24.3 Å². The first-order valence-electron chi connectivity index (χ1n) is 10.1. The molecule has 31 heavy (non-hydrogen) atoms. The molecule has 2 atom stereocenters. The number of hydrogen-bond acceptors (Lipinski definition) is 5. The number of para-hydroxylation sites is 1. The molecule has 7 nitrogen and oxygen atoms in total. The Balaban J connectivity index is 1.36. The van der Waals surface area contributed by atoms with Crippen LogP contribution in [0.25, 0.3) is 0 Å². The Morgan fingerprint density at radius 3 is 2.19 bits per heavy atom. The number of carbonyl (C=O) groups excluding carboxylic acids is 4. The summed E-state index contributed by atoms with van der Waals surface area (Å²) in [6, 6.07) is 13.4. The van der Waals surface area contributed by atoms with Crippen molar-refractivity contribution in [1.82, 2.24) is 0 Å². The molecule has 0 unspecified atom stereocenters. The second kappa shape index (κ2) is 8.55. The molecule has 2 aliphatic rings. The van der Waals surface area contributed by atoms with E-state index >= 15 is 0 Å². The van der Waals surface area contributed by atoms with Gasteiger partial charge in [-0.2, -0.15) is 0 Å². The number of carbonyl (C=O) groups is 4. The summed E-state index contributed by atoms with van der Waals surface area (Å²) < 4.78 is 5.08. The monoisotopic (exact) mass is 418 g/mol. The molecule has 7 heteroatoms. The molecule has 158 valence electrons. The molecule has 0 spiro atoms. The first kappa shape index (κ1) is 20.5. The molecule has 0 radical (unpaired) electrons. The number of nitrogens with one attached hydrogen (secondary N) is 1. The lowest BCUT2D eigenvalue weighted by Gasteiger charge is -2.15. The van der Waals surface area contributed by atoms with Crippen LogP contribution in [0.4, 0.5) is 11.4 Å². The van der Waals surface area contributed by atoms with Crippen molar-refractivity contribution in [2.24, 2.45) is 11.8 Å². The zero-order chi connectivity index (χ0) is 22.0. The largest absolute Gasteiger partial charge is 0.452 e. The van der Waals surface area contributed by atoms with Crippen molar-refractivity contribution < 1.29 is 23.9 Å². The van der Waals surface area contributed by atoms with Gasteiger partial charge in [-0.15, -0.1) is 0 Å². The average Bonchev–Trinajstić information content (AvgIpc) is 3.04. The van der Waals surface area contributed by atoms with E-state index in [0.29, 0.717) is 24.2 Å². The van der Waals surface area contributed by atoms with E-state index in [1.165, 1.54) is 17.0 Å². The summed E-state index contributed by atoms with van der Waals surface area (Å²) in [5.41, 5.74) is 2.21. The number of nitrogens with zero attached hydrogens (tertiary/aromatic N) is 1. The molecule has 2 aromatic carbocycles. The normalized spacial score (nSPS) is 19.8. The first-order chi connectivity index (χ1) is 15.0. The molecular weight excluding hydrogens is 396 g/mol. The number of fused-ring (bicyclic) bond motifs is 1. The number of benzene rings is 2. The van der Waals surface area contributed by atoms with Crippen molar-refractivity contribution in [3.63, 3.8) is 0 Å². The molecule has 1 aliphatic heterocycles. The standard InChI is InChI=1S/C24H22N2O5/c1-15-6-2-5-9-20(15)25-21(27)14-31-24(30)16-10-12-17(13-11-16)26-22(28)18-7-3-4-8-19(18)23(26)29/h2-6,9-13,18-19H,7-8,14H2,1H3,(H,25,27)/t18-,19-/m0/s1. The SMILES string of the molecule is Cc1ccccc1NC(=O)COC(=O)c1ccc(N2C(=O)[C@H]3CC=CC[C@@H]3C2=O)cc1. The van der Waals surface area contributed by atoms with Gasteiger partial charge in [-0.3, -0.25) is 19.3 Å². The van der Waals surface area contributed by atoms with E-state index in [1.807, 2.05) is 31.2 Å². The Labute approximate surface area is 179 Å². The second-order valence-corrected chi connectivity index (χ2v) is 7.65. The lowest BCUT2D eigenvalue weighted by atomic mass is 9.85. The fourth-order valence-electron chi connectivity index (χ4n) is 3.92. The highest BCUT2D eigenvalue weighted by atomic mass is 16.5. The van der Waals surface area contributed by atoms with E-state index in [4.69, 9.17) is 4.74 Å². The number of imide groups is 1. The summed E-state index contributed by atoms with van der Waals surface area (Å²) in [6.07, 6.45) is 5.01. The van der Waals surface area contributed by atoms with Crippen molar-refractivity contribution in [1.29, 1.82) is 0 Å². The summed E-state index contributed by atoms with van der Waals surface area (Å²) >= 11 is 0. The van der Waals surface area contributed by atoms with Crippen molar-refractivity contribution in [2.75, 3.05) is 16.8 Å². The van der Waals surface area contributed by atoms with Crippen LogP contribution < -0.4 is 10.2 Å². The fourth-order valence-corrected chi connectivity index (χ4v) is 3.92. The maximum Gasteiger partial charge on any atom is 0.338 e. The number of anilines is 2. The van der Waals surface area contributed by atoms with Crippen LogP contribution in [-0.2, 0) is 19.1 Å². The van der Waals surface area contributed by atoms with Crippen LogP contribution in [-0.4, -0.2) is 30.3 Å². The molecule has 4 rings (SSSR count). The van der Waals surface area contributed by atoms with Crippen LogP contribution >= 0.6 is 0 Å². The van der Waals surface area contributed by atoms with Gasteiger partial charge in [-0.25, -0.2) is 4.79 Å². The molecular formula is C24H22N2O5. The van der Waals surface area contributed by atoms with Gasteiger partial charge in [0.1, 0.15) is 0 Å². The molecule has 3 amide bonds. The molecule has 1 saturated heterocycles. The topological polar surface area (TPSA) is 92.8 Å². The van der Waals surface area contributed by atoms with Crippen LogP contribution in [0, 0.1) is 18.8 Å². The molecule has 1 aliphatic carbocycles. The van der Waals surface area contributed by atoms with Crippen LogP contribution in [0.15, 0.2) is 60.7 Å². The Bertz CT molecular complexity index is 1050. The minimum atomic E-state index is -0.663. The highest BCUT2D eigenvalue weighted by molar-refractivity contribution is 6.22. The number of amides is 3. The quantitative estimate of drug-likeness (QED) is 0.457. The molecule has 0 aromatic heterocycles. The second-order valence-electron chi connectivity index (χ2n) is 7.65. The summed E-state index contributed by atoms with van der Waals surface area (Å²) in [5.74, 6) is -2.14. The van der Waals surface area contributed by atoms with Gasteiger partial charge in [0.15, 0.2) is 6.61 Å². The van der Waals surface area contributed by atoms with Gasteiger partial charge in [-0.05, 0) is 55.7 Å². The number of rotatable bonds is 5. The van der Waals surface area contributed by atoms with E-state index in [0.717, 1.165) is 5.56 Å². The van der Waals surface area contributed by atoms with Crippen LogP contribution in [0.3, 0.4) is 0 Å². The number of esters is 1. The smallest absolute Gasteiger partial charge is 0.338 e. The highest BCUT2D eigenvalue weighted by Crippen LogP contribution is 2.37. The van der Waals surface area contributed by atoms with E-state index in [-0.39, 0.29) is 29.2 Å². The third-order valence-corrected chi connectivity index (χ3v) is 5.62. The van der Waals surface area contributed by atoms with Gasteiger partial charge in [0, 0.05) is 5.69 Å². The maximum absolute atomic E-state index is 12.7. The van der Waals surface area contributed by atoms with Gasteiger partial charge in [0.05, 0.1) is 23.1 Å².